The summed E-state index contributed by atoms with van der Waals surface area (Å²) in [4.78, 5) is 59.1. The maximum Gasteiger partial charge on any atom is 0.417 e. The van der Waals surface area contributed by atoms with E-state index < -0.39 is 34.7 Å². The van der Waals surface area contributed by atoms with Crippen molar-refractivity contribution in [2.45, 2.75) is 115 Å². The Morgan fingerprint density at radius 2 is 1.77 bits per heavy atom. The molecule has 1 aromatic heterocycles. The SMILES string of the molecule is C[C@@H]1CN(CCCOC2CCC(N3C(=S)N(c4ccc(C#N)c(C(F)(F)F)c4)C(=O)C3(C)C)CC2)C[C@H](C)N1CC(=O)Nc1cccc2c(C3CCC(=O)NC3=O)nn(C)c12. The predicted molar refractivity (Wildman–Crippen MR) is 225 cm³/mol. The van der Waals surface area contributed by atoms with Crippen LogP contribution in [0.25, 0.3) is 10.9 Å². The molecule has 2 aromatic carbocycles. The molecule has 0 bridgehead atoms. The third kappa shape index (κ3) is 8.88. The number of nitrogens with one attached hydrogen (secondary N) is 2. The number of halogens is 3. The van der Waals surface area contributed by atoms with Gasteiger partial charge in [-0.05, 0) is 103 Å². The van der Waals surface area contributed by atoms with Crippen molar-refractivity contribution in [2.24, 2.45) is 7.05 Å². The Balaban J connectivity index is 0.861. The lowest BCUT2D eigenvalue weighted by Crippen LogP contribution is -2.58. The van der Waals surface area contributed by atoms with Crippen LogP contribution in [0.15, 0.2) is 36.4 Å². The number of aryl methyl sites for hydroxylation is 1. The number of para-hydroxylation sites is 1. The summed E-state index contributed by atoms with van der Waals surface area (Å²) < 4.78 is 49.3. The van der Waals surface area contributed by atoms with Gasteiger partial charge in [-0.25, -0.2) is 0 Å². The van der Waals surface area contributed by atoms with Crippen LogP contribution < -0.4 is 15.5 Å². The molecule has 1 aliphatic carbocycles. The van der Waals surface area contributed by atoms with E-state index in [0.29, 0.717) is 42.8 Å². The largest absolute Gasteiger partial charge is 0.417 e. The Labute approximate surface area is 358 Å². The minimum Gasteiger partial charge on any atom is -0.378 e. The van der Waals surface area contributed by atoms with Gasteiger partial charge in [0.2, 0.25) is 17.7 Å². The number of piperidine rings is 1. The summed E-state index contributed by atoms with van der Waals surface area (Å²) in [6.07, 6.45) is -0.306. The fraction of sp³-hybridized carbons (Fsp3) is 0.558. The molecule has 4 heterocycles. The van der Waals surface area contributed by atoms with Gasteiger partial charge in [0, 0.05) is 63.2 Å². The fourth-order valence-corrected chi connectivity index (χ4v) is 10.2. The Hall–Kier alpha value is -4.96. The molecule has 3 aromatic rings. The Bertz CT molecular complexity index is 2250. The van der Waals surface area contributed by atoms with Gasteiger partial charge in [-0.1, -0.05) is 12.1 Å². The normalized spacial score (nSPS) is 25.3. The number of hydrogen-bond acceptors (Lipinski definition) is 10. The van der Waals surface area contributed by atoms with Crippen LogP contribution in [0.5, 0.6) is 0 Å². The summed E-state index contributed by atoms with van der Waals surface area (Å²) in [7, 11) is 1.78. The second-order valence-electron chi connectivity index (χ2n) is 17.2. The third-order valence-corrected chi connectivity index (χ3v) is 13.0. The summed E-state index contributed by atoms with van der Waals surface area (Å²) in [5.41, 5.74) is -0.782. The minimum absolute atomic E-state index is 0.0101. The second-order valence-corrected chi connectivity index (χ2v) is 17.6. The number of carbonyl (C=O) groups excluding carboxylic acids is 4. The van der Waals surface area contributed by atoms with Crippen molar-refractivity contribution >= 4 is 63.2 Å². The Kier molecular flexibility index (Phi) is 12.6. The molecule has 3 atom stereocenters. The molecule has 4 aliphatic rings. The number of ether oxygens (including phenoxy) is 1. The van der Waals surface area contributed by atoms with Gasteiger partial charge in [-0.3, -0.25) is 39.0 Å². The van der Waals surface area contributed by atoms with E-state index >= 15 is 0 Å². The van der Waals surface area contributed by atoms with E-state index in [1.807, 2.05) is 23.1 Å². The average Bonchev–Trinajstić information content (AvgIpc) is 3.62. The van der Waals surface area contributed by atoms with Gasteiger partial charge < -0.3 is 19.9 Å². The van der Waals surface area contributed by atoms with E-state index in [1.165, 1.54) is 6.07 Å². The molecular formula is C43H52F3N9O5S. The van der Waals surface area contributed by atoms with E-state index in [-0.39, 0.29) is 65.7 Å². The number of hydrogen-bond donors (Lipinski definition) is 2. The van der Waals surface area contributed by atoms with Crippen molar-refractivity contribution in [2.75, 3.05) is 43.0 Å². The lowest BCUT2D eigenvalue weighted by atomic mass is 9.89. The molecule has 14 nitrogen and oxygen atoms in total. The first-order chi connectivity index (χ1) is 28.9. The molecule has 1 saturated carbocycles. The van der Waals surface area contributed by atoms with E-state index in [9.17, 15) is 37.6 Å². The number of aromatic nitrogens is 2. The molecule has 4 amide bonds. The van der Waals surface area contributed by atoms with E-state index in [1.54, 1.807) is 31.6 Å². The lowest BCUT2D eigenvalue weighted by molar-refractivity contribution is -0.138. The van der Waals surface area contributed by atoms with Gasteiger partial charge in [0.05, 0.1) is 58.3 Å². The highest BCUT2D eigenvalue weighted by atomic mass is 32.1. The van der Waals surface area contributed by atoms with Gasteiger partial charge in [0.25, 0.3) is 5.91 Å². The molecular weight excluding hydrogens is 812 g/mol. The number of imide groups is 1. The highest BCUT2D eigenvalue weighted by Gasteiger charge is 2.52. The average molecular weight is 864 g/mol. The zero-order chi connectivity index (χ0) is 44.0. The quantitative estimate of drug-likeness (QED) is 0.144. The standard InChI is InChI=1S/C43H52F3N9O5S/c1-25-22-52(23-26(2)53(25)24-36(57)48-34-9-6-8-31-37(50-51(5)38(31)34)32-16-17-35(56)49-39(32)58)18-7-19-60-30-14-12-28(13-15-30)55-41(61)54(40(59)42(55,3)4)29-11-10-27(21-47)33(20-29)43(44,45)46/h6,8-11,20,25-26,28,30,32H,7,12-19,22-24H2,1-5H3,(H,48,57)(H,49,56,58)/t25-,26+,28?,30?,32?. The number of thiocarbonyl (C=S) groups is 1. The van der Waals surface area contributed by atoms with E-state index in [2.05, 4.69) is 39.4 Å². The summed E-state index contributed by atoms with van der Waals surface area (Å²) in [5, 5.41) is 20.3. The van der Waals surface area contributed by atoms with Crippen molar-refractivity contribution in [1.82, 2.24) is 29.8 Å². The number of anilines is 2. The Morgan fingerprint density at radius 1 is 1.07 bits per heavy atom. The number of alkyl halides is 3. The monoisotopic (exact) mass is 863 g/mol. The van der Waals surface area contributed by atoms with Crippen LogP contribution in [0.4, 0.5) is 24.5 Å². The molecule has 326 valence electrons. The van der Waals surface area contributed by atoms with E-state index in [0.717, 1.165) is 61.3 Å². The van der Waals surface area contributed by atoms with Crippen LogP contribution in [-0.2, 0) is 37.1 Å². The van der Waals surface area contributed by atoms with Crippen molar-refractivity contribution < 1.29 is 37.1 Å². The summed E-state index contributed by atoms with van der Waals surface area (Å²) in [6, 6.07) is 10.5. The van der Waals surface area contributed by atoms with Crippen molar-refractivity contribution in [3.63, 3.8) is 0 Å². The highest BCUT2D eigenvalue weighted by molar-refractivity contribution is 7.80. The maximum absolute atomic E-state index is 13.8. The number of benzene rings is 2. The number of rotatable bonds is 11. The molecule has 2 N–H and O–H groups in total. The van der Waals surface area contributed by atoms with Gasteiger partial charge in [-0.15, -0.1) is 0 Å². The van der Waals surface area contributed by atoms with Crippen molar-refractivity contribution in [3.8, 4) is 6.07 Å². The zero-order valence-electron chi connectivity index (χ0n) is 35.1. The summed E-state index contributed by atoms with van der Waals surface area (Å²) >= 11 is 5.75. The lowest BCUT2D eigenvalue weighted by Gasteiger charge is -2.44. The third-order valence-electron chi connectivity index (χ3n) is 12.6. The van der Waals surface area contributed by atoms with Gasteiger partial charge in [0.1, 0.15) is 5.54 Å². The number of nitrogens with zero attached hydrogens (tertiary/aromatic N) is 7. The topological polar surface area (TPSA) is 156 Å². The maximum atomic E-state index is 13.8. The summed E-state index contributed by atoms with van der Waals surface area (Å²) in [5.74, 6) is -1.74. The molecule has 61 heavy (non-hydrogen) atoms. The minimum atomic E-state index is -4.76. The smallest absolute Gasteiger partial charge is 0.378 e. The number of piperazine rings is 1. The van der Waals surface area contributed by atoms with Gasteiger partial charge in [0.15, 0.2) is 5.11 Å². The fourth-order valence-electron chi connectivity index (χ4n) is 9.66. The van der Waals surface area contributed by atoms with Crippen LogP contribution in [0.2, 0.25) is 0 Å². The van der Waals surface area contributed by atoms with Crippen molar-refractivity contribution in [1.29, 1.82) is 5.26 Å². The van der Waals surface area contributed by atoms with Crippen LogP contribution in [0, 0.1) is 11.3 Å². The van der Waals surface area contributed by atoms with Crippen LogP contribution in [-0.4, -0.2) is 116 Å². The first-order valence-corrected chi connectivity index (χ1v) is 21.3. The molecule has 1 unspecified atom stereocenters. The van der Waals surface area contributed by atoms with Crippen molar-refractivity contribution in [3.05, 3.63) is 53.2 Å². The zero-order valence-corrected chi connectivity index (χ0v) is 35.9. The molecule has 3 aliphatic heterocycles. The van der Waals surface area contributed by atoms with Crippen LogP contribution in [0.1, 0.15) is 95.4 Å². The molecule has 0 radical (unpaired) electrons. The molecule has 3 saturated heterocycles. The molecule has 18 heteroatoms. The van der Waals surface area contributed by atoms with E-state index in [4.69, 9.17) is 17.0 Å². The molecule has 7 rings (SSSR count). The van der Waals surface area contributed by atoms with Gasteiger partial charge in [-0.2, -0.15) is 23.5 Å². The van der Waals surface area contributed by atoms with Crippen LogP contribution in [0.3, 0.4) is 0 Å². The van der Waals surface area contributed by atoms with Crippen LogP contribution >= 0.6 is 12.2 Å². The molecule has 4 fully saturated rings. The second kappa shape index (κ2) is 17.4. The first-order valence-electron chi connectivity index (χ1n) is 20.9. The number of fused-ring (bicyclic) bond motifs is 1. The molecule has 0 spiro atoms. The number of amides is 4. The first kappa shape index (κ1) is 44.1. The predicted octanol–water partition coefficient (Wildman–Crippen LogP) is 5.45. The Morgan fingerprint density at radius 3 is 2.43 bits per heavy atom. The number of carbonyl (C=O) groups is 4. The summed E-state index contributed by atoms with van der Waals surface area (Å²) in [6.45, 7) is 11.0. The van der Waals surface area contributed by atoms with Gasteiger partial charge >= 0.3 is 6.18 Å². The number of nitriles is 1. The highest BCUT2D eigenvalue weighted by Crippen LogP contribution is 2.41.